The van der Waals surface area contributed by atoms with E-state index in [1.54, 1.807) is 6.07 Å². The maximum atomic E-state index is 12.2. The zero-order valence-corrected chi connectivity index (χ0v) is 11.6. The Morgan fingerprint density at radius 3 is 2.85 bits per heavy atom. The number of carboxylic acid groups (broad SMARTS) is 1. The first kappa shape index (κ1) is 13.1. The average Bonchev–Trinajstić information content (AvgIpc) is 3.03. The van der Waals surface area contributed by atoms with Crippen molar-refractivity contribution in [3.8, 4) is 5.75 Å². The molecule has 2 heterocycles. The molecule has 0 saturated heterocycles. The number of benzene rings is 1. The van der Waals surface area contributed by atoms with Crippen LogP contribution in [0, 0.1) is 0 Å². The monoisotopic (exact) mass is 308 g/mol. The maximum Gasteiger partial charge on any atom is 0.329 e. The molecule has 8 heteroatoms. The number of carbonyl (C=O) groups excluding carboxylic acids is 1. The van der Waals surface area contributed by atoms with Crippen LogP contribution in [0.2, 0.25) is 0 Å². The van der Waals surface area contributed by atoms with Crippen LogP contribution in [0.5, 0.6) is 5.75 Å². The molecule has 1 atom stereocenters. The van der Waals surface area contributed by atoms with Crippen molar-refractivity contribution in [2.45, 2.75) is 6.04 Å². The van der Waals surface area contributed by atoms with E-state index in [9.17, 15) is 14.7 Å². The van der Waals surface area contributed by atoms with Crippen molar-refractivity contribution in [2.24, 2.45) is 4.99 Å². The predicted molar refractivity (Wildman–Crippen MR) is 76.9 cm³/mol. The summed E-state index contributed by atoms with van der Waals surface area (Å²) in [6, 6.07) is 3.80. The molecule has 3 rings (SSSR count). The van der Waals surface area contributed by atoms with Crippen molar-refractivity contribution in [3.05, 3.63) is 23.2 Å². The van der Waals surface area contributed by atoms with E-state index in [0.29, 0.717) is 10.2 Å². The van der Waals surface area contributed by atoms with Gasteiger partial charge in [-0.05, 0) is 18.2 Å². The number of aliphatic imine (C=N–C) groups is 1. The Kier molecular flexibility index (Phi) is 3.19. The van der Waals surface area contributed by atoms with Crippen LogP contribution < -0.4 is 0 Å². The van der Waals surface area contributed by atoms with Crippen LogP contribution in [-0.4, -0.2) is 43.8 Å². The summed E-state index contributed by atoms with van der Waals surface area (Å²) >= 11 is 2.29. The van der Waals surface area contributed by atoms with Crippen LogP contribution >= 0.6 is 23.1 Å². The van der Waals surface area contributed by atoms with E-state index in [1.807, 2.05) is 0 Å². The highest BCUT2D eigenvalue weighted by Crippen LogP contribution is 2.28. The lowest BCUT2D eigenvalue weighted by Gasteiger charge is -1.94. The Balaban J connectivity index is 1.93. The molecule has 0 amide bonds. The van der Waals surface area contributed by atoms with Gasteiger partial charge in [0.05, 0.1) is 10.2 Å². The minimum atomic E-state index is -1.03. The fourth-order valence-corrected chi connectivity index (χ4v) is 3.69. The summed E-state index contributed by atoms with van der Waals surface area (Å²) in [5.74, 6) is -1.02. The number of aromatic nitrogens is 1. The summed E-state index contributed by atoms with van der Waals surface area (Å²) in [6.07, 6.45) is 0. The molecule has 0 spiro atoms. The standard InChI is InChI=1S/C12H8N2O4S2/c15-5-1-2-6-8(3-5)20-11(13-6)9(16)10-14-7(4-19-10)12(17)18/h1-3,7,15H,4H2,(H,17,18). The Bertz CT molecular complexity index is 753. The van der Waals surface area contributed by atoms with Crippen molar-refractivity contribution in [2.75, 3.05) is 5.75 Å². The number of rotatable bonds is 3. The highest BCUT2D eigenvalue weighted by molar-refractivity contribution is 8.16. The lowest BCUT2D eigenvalue weighted by Crippen LogP contribution is -2.17. The number of phenols is 1. The minimum Gasteiger partial charge on any atom is -0.508 e. The van der Waals surface area contributed by atoms with Crippen LogP contribution in [0.25, 0.3) is 10.2 Å². The zero-order valence-electron chi connectivity index (χ0n) is 9.94. The molecule has 6 nitrogen and oxygen atoms in total. The van der Waals surface area contributed by atoms with E-state index in [-0.39, 0.29) is 27.3 Å². The summed E-state index contributed by atoms with van der Waals surface area (Å²) in [7, 11) is 0. The topological polar surface area (TPSA) is 99.9 Å². The molecule has 102 valence electrons. The van der Waals surface area contributed by atoms with Gasteiger partial charge in [-0.15, -0.1) is 11.3 Å². The van der Waals surface area contributed by atoms with E-state index in [2.05, 4.69) is 9.98 Å². The number of Topliss-reactive ketones (excluding diaryl/α,β-unsaturated/α-hetero) is 1. The fourth-order valence-electron chi connectivity index (χ4n) is 1.73. The molecule has 0 aliphatic carbocycles. The zero-order chi connectivity index (χ0) is 14.3. The van der Waals surface area contributed by atoms with E-state index in [0.717, 1.165) is 23.1 Å². The van der Waals surface area contributed by atoms with Gasteiger partial charge >= 0.3 is 5.97 Å². The Morgan fingerprint density at radius 1 is 1.35 bits per heavy atom. The number of hydrogen-bond acceptors (Lipinski definition) is 7. The number of thiazole rings is 1. The van der Waals surface area contributed by atoms with Gasteiger partial charge in [0.1, 0.15) is 10.8 Å². The van der Waals surface area contributed by atoms with Gasteiger partial charge < -0.3 is 10.2 Å². The van der Waals surface area contributed by atoms with E-state index < -0.39 is 12.0 Å². The van der Waals surface area contributed by atoms with Crippen molar-refractivity contribution in [3.63, 3.8) is 0 Å². The molecule has 1 aliphatic rings. The van der Waals surface area contributed by atoms with Crippen LogP contribution in [0.3, 0.4) is 0 Å². The van der Waals surface area contributed by atoms with Gasteiger partial charge in [-0.2, -0.15) is 0 Å². The molecule has 1 aromatic heterocycles. The molecule has 0 fully saturated rings. The molecular formula is C12H8N2O4S2. The molecule has 1 aliphatic heterocycles. The molecule has 0 bridgehead atoms. The largest absolute Gasteiger partial charge is 0.508 e. The third kappa shape index (κ3) is 2.27. The fraction of sp³-hybridized carbons (Fsp3) is 0.167. The van der Waals surface area contributed by atoms with E-state index in [4.69, 9.17) is 5.11 Å². The van der Waals surface area contributed by atoms with Gasteiger partial charge in [0.25, 0.3) is 0 Å². The van der Waals surface area contributed by atoms with E-state index in [1.165, 1.54) is 12.1 Å². The second-order valence-electron chi connectivity index (χ2n) is 4.10. The number of aliphatic carboxylic acids is 1. The van der Waals surface area contributed by atoms with Crippen molar-refractivity contribution < 1.29 is 19.8 Å². The van der Waals surface area contributed by atoms with Gasteiger partial charge in [0.15, 0.2) is 11.0 Å². The Hall–Kier alpha value is -1.93. The second kappa shape index (κ2) is 4.88. The highest BCUT2D eigenvalue weighted by atomic mass is 32.2. The molecule has 2 aromatic rings. The lowest BCUT2D eigenvalue weighted by molar-refractivity contribution is -0.137. The number of hydrogen-bond donors (Lipinski definition) is 2. The first-order valence-electron chi connectivity index (χ1n) is 5.62. The van der Waals surface area contributed by atoms with Crippen molar-refractivity contribution >= 4 is 50.1 Å². The lowest BCUT2D eigenvalue weighted by atomic mass is 10.3. The van der Waals surface area contributed by atoms with Gasteiger partial charge in [0.2, 0.25) is 5.78 Å². The average molecular weight is 308 g/mol. The smallest absolute Gasteiger partial charge is 0.329 e. The molecule has 20 heavy (non-hydrogen) atoms. The van der Waals surface area contributed by atoms with Crippen LogP contribution in [0.4, 0.5) is 0 Å². The summed E-state index contributed by atoms with van der Waals surface area (Å²) in [5, 5.41) is 18.7. The number of nitrogens with zero attached hydrogens (tertiary/aromatic N) is 2. The normalized spacial score (nSPS) is 18.2. The predicted octanol–water partition coefficient (Wildman–Crippen LogP) is 1.78. The quantitative estimate of drug-likeness (QED) is 0.838. The summed E-state index contributed by atoms with van der Waals surface area (Å²) in [6.45, 7) is 0. The van der Waals surface area contributed by atoms with Crippen LogP contribution in [-0.2, 0) is 4.79 Å². The first-order chi connectivity index (χ1) is 9.54. The maximum absolute atomic E-state index is 12.2. The number of thioether (sulfide) groups is 1. The third-order valence-electron chi connectivity index (χ3n) is 2.70. The van der Waals surface area contributed by atoms with Crippen LogP contribution in [0.1, 0.15) is 9.80 Å². The number of carbonyl (C=O) groups is 2. The molecule has 2 N–H and O–H groups in total. The minimum absolute atomic E-state index is 0.110. The molecule has 0 radical (unpaired) electrons. The molecular weight excluding hydrogens is 300 g/mol. The van der Waals surface area contributed by atoms with Gasteiger partial charge in [-0.1, -0.05) is 11.8 Å². The number of aromatic hydroxyl groups is 1. The van der Waals surface area contributed by atoms with Gasteiger partial charge in [-0.3, -0.25) is 9.79 Å². The number of phenolic OH excluding ortho intramolecular Hbond substituents is 1. The number of ketones is 1. The Labute approximate surface area is 121 Å². The Morgan fingerprint density at radius 2 is 2.15 bits per heavy atom. The second-order valence-corrected chi connectivity index (χ2v) is 6.14. The van der Waals surface area contributed by atoms with Gasteiger partial charge in [0, 0.05) is 5.75 Å². The third-order valence-corrected chi connectivity index (χ3v) is 4.76. The highest BCUT2D eigenvalue weighted by Gasteiger charge is 2.30. The summed E-state index contributed by atoms with van der Waals surface area (Å²) in [5.41, 5.74) is 0.620. The SMILES string of the molecule is O=C(C1=NC(C(=O)O)CS1)c1nc2ccc(O)cc2s1. The summed E-state index contributed by atoms with van der Waals surface area (Å²) < 4.78 is 0.701. The van der Waals surface area contributed by atoms with Crippen LogP contribution in [0.15, 0.2) is 23.2 Å². The molecule has 1 unspecified atom stereocenters. The summed E-state index contributed by atoms with van der Waals surface area (Å²) in [4.78, 5) is 31.1. The van der Waals surface area contributed by atoms with Gasteiger partial charge in [-0.25, -0.2) is 9.78 Å². The van der Waals surface area contributed by atoms with E-state index >= 15 is 0 Å². The number of fused-ring (bicyclic) bond motifs is 1. The van der Waals surface area contributed by atoms with Crippen molar-refractivity contribution in [1.82, 2.24) is 4.98 Å². The number of carboxylic acids is 1. The molecule has 0 saturated carbocycles. The van der Waals surface area contributed by atoms with Crippen molar-refractivity contribution in [1.29, 1.82) is 0 Å². The molecule has 1 aromatic carbocycles. The first-order valence-corrected chi connectivity index (χ1v) is 7.42.